The zero-order valence-electron chi connectivity index (χ0n) is 11.0. The van der Waals surface area contributed by atoms with Crippen LogP contribution in [0.4, 0.5) is 0 Å². The molecule has 0 aliphatic rings. The third-order valence-electron chi connectivity index (χ3n) is 2.60. The first-order chi connectivity index (χ1) is 9.69. The summed E-state index contributed by atoms with van der Waals surface area (Å²) in [6.45, 7) is -0.314. The maximum atomic E-state index is 9.12. The zero-order chi connectivity index (χ0) is 14.4. The van der Waals surface area contributed by atoms with Crippen molar-refractivity contribution in [2.24, 2.45) is 0 Å². The highest BCUT2D eigenvalue weighted by Gasteiger charge is 2.24. The molecular weight excluding hydrogens is 289 g/mol. The topological polar surface area (TPSA) is 42.2 Å². The van der Waals surface area contributed by atoms with Crippen molar-refractivity contribution >= 4 is 23.6 Å². The van der Waals surface area contributed by atoms with E-state index >= 15 is 0 Å². The molecule has 0 aliphatic carbocycles. The van der Waals surface area contributed by atoms with Gasteiger partial charge in [0.2, 0.25) is 0 Å². The normalized spacial score (nSPS) is 13.2. The van der Waals surface area contributed by atoms with Crippen LogP contribution < -0.4 is 9.83 Å². The van der Waals surface area contributed by atoms with Gasteiger partial charge in [0.05, 0.1) is 12.2 Å². The van der Waals surface area contributed by atoms with E-state index in [0.717, 1.165) is 5.30 Å². The Bertz CT molecular complexity index is 667. The molecule has 0 amide bonds. The monoisotopic (exact) mass is 303 g/mol. The van der Waals surface area contributed by atoms with Gasteiger partial charge in [-0.1, -0.05) is 30.3 Å². The maximum absolute atomic E-state index is 9.12. The number of benzene rings is 2. The van der Waals surface area contributed by atoms with Crippen LogP contribution in [0.25, 0.3) is 0 Å². The van der Waals surface area contributed by atoms with Gasteiger partial charge in [-0.05, 0) is 43.0 Å². The Balaban J connectivity index is 2.40. The van der Waals surface area contributed by atoms with E-state index in [9.17, 15) is 0 Å². The average Bonchev–Trinajstić information content (AvgIpc) is 2.49. The molecule has 2 aromatic rings. The van der Waals surface area contributed by atoms with Crippen molar-refractivity contribution < 1.29 is 9.05 Å². The molecule has 0 saturated carbocycles. The molecule has 0 spiro atoms. The molecule has 0 N–H and O–H groups in total. The van der Waals surface area contributed by atoms with Gasteiger partial charge >= 0.3 is 0 Å². The Labute approximate surface area is 123 Å². The van der Waals surface area contributed by atoms with E-state index in [2.05, 4.69) is 6.07 Å². The molecule has 0 aliphatic heterocycles. The molecular formula is C15H14NO2PS. The molecule has 5 heteroatoms. The lowest BCUT2D eigenvalue weighted by molar-refractivity contribution is 0.339. The molecule has 0 bridgehead atoms. The Hall–Kier alpha value is -1.66. The summed E-state index contributed by atoms with van der Waals surface area (Å²) in [5.41, 5.74) is 0.456. The molecule has 102 valence electrons. The first kappa shape index (κ1) is 14.7. The number of hydrogen-bond acceptors (Lipinski definition) is 4. The fraction of sp³-hybridized carbons (Fsp3) is 0.133. The molecule has 1 atom stereocenters. The Morgan fingerprint density at radius 3 is 2.40 bits per heavy atom. The second-order valence-electron chi connectivity index (χ2n) is 3.95. The summed E-state index contributed by atoms with van der Waals surface area (Å²) in [7, 11) is 0. The smallest absolute Gasteiger partial charge is 0.269 e. The summed E-state index contributed by atoms with van der Waals surface area (Å²) in [5, 5.41) is 9.96. The van der Waals surface area contributed by atoms with E-state index in [0.29, 0.717) is 17.9 Å². The minimum atomic E-state index is -2.65. The van der Waals surface area contributed by atoms with Crippen LogP contribution in [-0.2, 0) is 16.3 Å². The van der Waals surface area contributed by atoms with Crippen LogP contribution in [0.1, 0.15) is 12.5 Å². The number of para-hydroxylation sites is 1. The van der Waals surface area contributed by atoms with Crippen molar-refractivity contribution in [3.05, 3.63) is 60.2 Å². The van der Waals surface area contributed by atoms with Gasteiger partial charge in [-0.15, -0.1) is 0 Å². The van der Waals surface area contributed by atoms with Crippen LogP contribution in [0, 0.1) is 11.3 Å². The fourth-order valence-corrected chi connectivity index (χ4v) is 4.23. The second kappa shape index (κ2) is 6.67. The number of rotatable bonds is 5. The minimum Gasteiger partial charge on any atom is -0.439 e. The van der Waals surface area contributed by atoms with Gasteiger partial charge in [-0.2, -0.15) is 5.26 Å². The van der Waals surface area contributed by atoms with Gasteiger partial charge in [0, 0.05) is 5.30 Å². The standard InChI is InChI=1S/C15H14NO2PS/c1-2-17-19(20,14-9-4-3-5-10-14)18-15-11-7-6-8-13(15)12-16/h3-11H,2H2,1H3. The largest absolute Gasteiger partial charge is 0.439 e. The van der Waals surface area contributed by atoms with Crippen LogP contribution in [0.5, 0.6) is 5.75 Å². The Morgan fingerprint density at radius 1 is 1.10 bits per heavy atom. The molecule has 0 saturated heterocycles. The van der Waals surface area contributed by atoms with Gasteiger partial charge in [0.15, 0.2) is 0 Å². The first-order valence-corrected chi connectivity index (χ1v) is 8.82. The molecule has 20 heavy (non-hydrogen) atoms. The predicted octanol–water partition coefficient (Wildman–Crippen LogP) is 3.61. The van der Waals surface area contributed by atoms with Crippen LogP contribution >= 0.6 is 6.49 Å². The number of nitriles is 1. The Kier molecular flexibility index (Phi) is 4.92. The number of hydrogen-bond donors (Lipinski definition) is 0. The van der Waals surface area contributed by atoms with E-state index in [1.807, 2.05) is 43.3 Å². The van der Waals surface area contributed by atoms with Crippen LogP contribution in [0.3, 0.4) is 0 Å². The molecule has 2 aromatic carbocycles. The average molecular weight is 303 g/mol. The molecule has 3 nitrogen and oxygen atoms in total. The van der Waals surface area contributed by atoms with Crippen molar-refractivity contribution in [1.82, 2.24) is 0 Å². The lowest BCUT2D eigenvalue weighted by Gasteiger charge is -2.23. The predicted molar refractivity (Wildman–Crippen MR) is 83.8 cm³/mol. The summed E-state index contributed by atoms with van der Waals surface area (Å²) >= 11 is 5.61. The van der Waals surface area contributed by atoms with Crippen molar-refractivity contribution in [3.8, 4) is 11.8 Å². The van der Waals surface area contributed by atoms with E-state index < -0.39 is 6.49 Å². The Morgan fingerprint density at radius 2 is 1.75 bits per heavy atom. The van der Waals surface area contributed by atoms with Gasteiger partial charge < -0.3 is 9.05 Å². The highest BCUT2D eigenvalue weighted by atomic mass is 32.5. The summed E-state index contributed by atoms with van der Waals surface area (Å²) in [6.07, 6.45) is 0. The minimum absolute atomic E-state index is 0.456. The molecule has 0 heterocycles. The highest BCUT2D eigenvalue weighted by Crippen LogP contribution is 2.48. The van der Waals surface area contributed by atoms with Crippen LogP contribution in [-0.4, -0.2) is 6.61 Å². The summed E-state index contributed by atoms with van der Waals surface area (Å²) < 4.78 is 11.6. The van der Waals surface area contributed by atoms with Gasteiger partial charge in [0.1, 0.15) is 11.8 Å². The van der Waals surface area contributed by atoms with E-state index in [4.69, 9.17) is 26.1 Å². The van der Waals surface area contributed by atoms with E-state index in [-0.39, 0.29) is 0 Å². The summed E-state index contributed by atoms with van der Waals surface area (Å²) in [4.78, 5) is 0. The lowest BCUT2D eigenvalue weighted by atomic mass is 10.2. The first-order valence-electron chi connectivity index (χ1n) is 6.18. The van der Waals surface area contributed by atoms with Gasteiger partial charge in [-0.3, -0.25) is 0 Å². The fourth-order valence-electron chi connectivity index (χ4n) is 1.70. The molecule has 0 fully saturated rings. The van der Waals surface area contributed by atoms with Crippen molar-refractivity contribution in [2.45, 2.75) is 6.92 Å². The van der Waals surface area contributed by atoms with Gasteiger partial charge in [-0.25, -0.2) is 0 Å². The van der Waals surface area contributed by atoms with Crippen LogP contribution in [0.15, 0.2) is 54.6 Å². The van der Waals surface area contributed by atoms with E-state index in [1.165, 1.54) is 0 Å². The third-order valence-corrected chi connectivity index (χ3v) is 5.74. The lowest BCUT2D eigenvalue weighted by Crippen LogP contribution is -2.12. The van der Waals surface area contributed by atoms with Crippen molar-refractivity contribution in [2.75, 3.05) is 6.61 Å². The van der Waals surface area contributed by atoms with Crippen LogP contribution in [0.2, 0.25) is 0 Å². The molecule has 0 aromatic heterocycles. The van der Waals surface area contributed by atoms with E-state index in [1.54, 1.807) is 18.2 Å². The zero-order valence-corrected chi connectivity index (χ0v) is 12.7. The van der Waals surface area contributed by atoms with Crippen molar-refractivity contribution in [3.63, 3.8) is 0 Å². The maximum Gasteiger partial charge on any atom is 0.269 e. The third kappa shape index (κ3) is 3.26. The quantitative estimate of drug-likeness (QED) is 0.791. The summed E-state index contributed by atoms with van der Waals surface area (Å²) in [6, 6.07) is 18.6. The highest BCUT2D eigenvalue weighted by molar-refractivity contribution is 8.13. The second-order valence-corrected chi connectivity index (χ2v) is 7.34. The SMILES string of the molecule is CCOP(=S)(Oc1ccccc1C#N)c1ccccc1. The molecule has 0 radical (unpaired) electrons. The van der Waals surface area contributed by atoms with Crippen molar-refractivity contribution in [1.29, 1.82) is 5.26 Å². The molecule has 2 rings (SSSR count). The number of nitrogens with zero attached hydrogens (tertiary/aromatic N) is 1. The van der Waals surface area contributed by atoms with Gasteiger partial charge in [0.25, 0.3) is 6.49 Å². The molecule has 1 unspecified atom stereocenters. The summed E-state index contributed by atoms with van der Waals surface area (Å²) in [5.74, 6) is 0.468.